The van der Waals surface area contributed by atoms with Crippen molar-refractivity contribution in [3.05, 3.63) is 98.0 Å². The Morgan fingerprint density at radius 2 is 1.09 bits per heavy atom. The van der Waals surface area contributed by atoms with E-state index in [0.717, 1.165) is 32.1 Å². The molecule has 18 heteroatoms. The second-order valence-corrected chi connectivity index (χ2v) is 18.0. The molecule has 9 nitrogen and oxygen atoms in total. The summed E-state index contributed by atoms with van der Waals surface area (Å²) in [5.41, 5.74) is -1.80. The highest BCUT2D eigenvalue weighted by Crippen LogP contribution is 2.52. The maximum absolute atomic E-state index is 14.3. The normalized spacial score (nSPS) is 17.8. The lowest BCUT2D eigenvalue weighted by atomic mass is 9.85. The lowest BCUT2D eigenvalue weighted by molar-refractivity contribution is 0.0925. The molecule has 2 aliphatic carbocycles. The predicted molar refractivity (Wildman–Crippen MR) is 214 cm³/mol. The Labute approximate surface area is 348 Å². The molecule has 54 heavy (non-hydrogen) atoms. The molecule has 1 aromatic heterocycles. The molecule has 1 fully saturated rings. The summed E-state index contributed by atoms with van der Waals surface area (Å²) in [6, 6.07) is 5.65. The molecule has 3 aliphatic rings. The summed E-state index contributed by atoms with van der Waals surface area (Å²) in [5.74, 6) is -3.37. The third-order valence-corrected chi connectivity index (χ3v) is 15.5. The summed E-state index contributed by atoms with van der Waals surface area (Å²) in [7, 11) is -4.82. The number of aromatic nitrogens is 1. The fourth-order valence-electron chi connectivity index (χ4n) is 7.55. The molecule has 0 atom stereocenters. The molecule has 3 aromatic carbocycles. The standard InChI is InChI=1S/C36H24Cl8N2O7S/c37-23-19-20(24(38)28(42)27(23)41)33(48)18(32(19)47)16-9-8-14-12-15(36(54(51,52)53)10-6-4-2-1-3-5-7-11-36)13-17(31(14)45-16)46-34(49)21-22(35(46)50)26(40)30(44)29(43)25(21)39/h8-9,12-13,47H,1-7,10-11H2,(H,51,52,53). The molecule has 1 aliphatic heterocycles. The van der Waals surface area contributed by atoms with E-state index < -0.39 is 38.2 Å². The van der Waals surface area contributed by atoms with Gasteiger partial charge in [0, 0.05) is 5.39 Å². The van der Waals surface area contributed by atoms with E-state index in [0.29, 0.717) is 17.7 Å². The zero-order chi connectivity index (χ0) is 39.2. The van der Waals surface area contributed by atoms with Gasteiger partial charge in [0.05, 0.1) is 84.9 Å². The van der Waals surface area contributed by atoms with E-state index in [9.17, 15) is 32.5 Å². The third-order valence-electron chi connectivity index (χ3n) is 10.2. The van der Waals surface area contributed by atoms with Crippen molar-refractivity contribution in [2.75, 3.05) is 4.90 Å². The molecule has 1 saturated carbocycles. The zero-order valence-electron chi connectivity index (χ0n) is 27.4. The number of fused-ring (bicyclic) bond motifs is 3. The number of halogens is 8. The Morgan fingerprint density at radius 3 is 1.59 bits per heavy atom. The average molecular weight is 912 g/mol. The minimum absolute atomic E-state index is 0.0490. The van der Waals surface area contributed by atoms with Gasteiger partial charge in [0.25, 0.3) is 21.9 Å². The number of ketones is 1. The number of amides is 2. The second-order valence-electron chi connectivity index (χ2n) is 13.2. The van der Waals surface area contributed by atoms with Gasteiger partial charge in [-0.05, 0) is 36.6 Å². The fraction of sp³-hybridized carbons (Fsp3) is 0.278. The highest BCUT2D eigenvalue weighted by molar-refractivity contribution is 7.86. The van der Waals surface area contributed by atoms with Gasteiger partial charge >= 0.3 is 0 Å². The van der Waals surface area contributed by atoms with Crippen LogP contribution in [0.25, 0.3) is 22.2 Å². The molecule has 7 rings (SSSR count). The van der Waals surface area contributed by atoms with E-state index in [4.69, 9.17) is 92.8 Å². The monoisotopic (exact) mass is 908 g/mol. The Morgan fingerprint density at radius 1 is 0.630 bits per heavy atom. The van der Waals surface area contributed by atoms with Crippen LogP contribution >= 0.6 is 92.8 Å². The number of benzene rings is 3. The van der Waals surface area contributed by atoms with Crippen molar-refractivity contribution in [1.29, 1.82) is 0 Å². The number of aliphatic hydroxyl groups excluding tert-OH is 1. The maximum Gasteiger partial charge on any atom is 0.274 e. The molecule has 4 aromatic rings. The molecule has 282 valence electrons. The average Bonchev–Trinajstić information content (AvgIpc) is 3.56. The molecule has 0 spiro atoms. The van der Waals surface area contributed by atoms with Gasteiger partial charge in [-0.2, -0.15) is 8.42 Å². The number of hydrogen-bond acceptors (Lipinski definition) is 7. The number of hydrogen-bond donors (Lipinski definition) is 2. The summed E-state index contributed by atoms with van der Waals surface area (Å²) in [6.07, 6.45) is 5.25. The summed E-state index contributed by atoms with van der Waals surface area (Å²) in [4.78, 5) is 47.8. The molecule has 2 heterocycles. The molecule has 0 saturated heterocycles. The van der Waals surface area contributed by atoms with Crippen molar-refractivity contribution in [3.8, 4) is 0 Å². The van der Waals surface area contributed by atoms with E-state index in [1.165, 1.54) is 24.3 Å². The third kappa shape index (κ3) is 6.03. The van der Waals surface area contributed by atoms with Gasteiger partial charge < -0.3 is 5.11 Å². The Kier molecular flexibility index (Phi) is 10.7. The van der Waals surface area contributed by atoms with Crippen molar-refractivity contribution in [2.24, 2.45) is 0 Å². The summed E-state index contributed by atoms with van der Waals surface area (Å²) in [5, 5.41) is 9.50. The number of pyridine rings is 1. The summed E-state index contributed by atoms with van der Waals surface area (Å²) in [6.45, 7) is 0. The number of aliphatic hydroxyl groups is 1. The lowest BCUT2D eigenvalue weighted by Gasteiger charge is -2.33. The van der Waals surface area contributed by atoms with E-state index in [-0.39, 0.29) is 109 Å². The van der Waals surface area contributed by atoms with Crippen LogP contribution < -0.4 is 4.90 Å². The maximum atomic E-state index is 14.3. The number of imide groups is 1. The Hall–Kier alpha value is -2.35. The minimum atomic E-state index is -4.82. The van der Waals surface area contributed by atoms with Gasteiger partial charge in [0.1, 0.15) is 10.5 Å². The first-order valence-electron chi connectivity index (χ1n) is 16.5. The number of Topliss-reactive ketones (excluding diaryl/α,β-unsaturated/α-hetero) is 1. The van der Waals surface area contributed by atoms with Gasteiger partial charge in [0.2, 0.25) is 5.78 Å². The van der Waals surface area contributed by atoms with Crippen LogP contribution in [0.5, 0.6) is 0 Å². The number of carbonyl (C=O) groups is 3. The van der Waals surface area contributed by atoms with Crippen molar-refractivity contribution in [1.82, 2.24) is 4.98 Å². The van der Waals surface area contributed by atoms with Crippen LogP contribution in [-0.2, 0) is 14.9 Å². The molecule has 0 unspecified atom stereocenters. The van der Waals surface area contributed by atoms with Crippen LogP contribution in [0.3, 0.4) is 0 Å². The van der Waals surface area contributed by atoms with Gasteiger partial charge in [0.15, 0.2) is 0 Å². The molecular weight excluding hydrogens is 888 g/mol. The van der Waals surface area contributed by atoms with E-state index in [2.05, 4.69) is 4.98 Å². The van der Waals surface area contributed by atoms with Crippen molar-refractivity contribution in [2.45, 2.75) is 62.5 Å². The molecule has 0 radical (unpaired) electrons. The fourth-order valence-corrected chi connectivity index (χ4v) is 10.8. The smallest absolute Gasteiger partial charge is 0.274 e. The van der Waals surface area contributed by atoms with Crippen LogP contribution in [0.1, 0.15) is 106 Å². The van der Waals surface area contributed by atoms with Gasteiger partial charge in [-0.25, -0.2) is 9.88 Å². The van der Waals surface area contributed by atoms with E-state index in [1.54, 1.807) is 0 Å². The second kappa shape index (κ2) is 14.5. The van der Waals surface area contributed by atoms with E-state index in [1.807, 2.05) is 0 Å². The van der Waals surface area contributed by atoms with Crippen LogP contribution in [0.4, 0.5) is 5.69 Å². The van der Waals surface area contributed by atoms with Gasteiger partial charge in [-0.1, -0.05) is 144 Å². The highest BCUT2D eigenvalue weighted by atomic mass is 35.5. The molecular formula is C36H24Cl8N2O7S. The largest absolute Gasteiger partial charge is 0.506 e. The topological polar surface area (TPSA) is 142 Å². The highest BCUT2D eigenvalue weighted by Gasteiger charge is 2.47. The first kappa shape index (κ1) is 39.9. The molecule has 0 bridgehead atoms. The van der Waals surface area contributed by atoms with Crippen molar-refractivity contribution >= 4 is 148 Å². The quantitative estimate of drug-likeness (QED) is 0.0892. The van der Waals surface area contributed by atoms with Crippen molar-refractivity contribution < 1.29 is 32.5 Å². The Balaban J connectivity index is 1.51. The molecule has 2 N–H and O–H groups in total. The first-order chi connectivity index (χ1) is 25.4. The van der Waals surface area contributed by atoms with Crippen molar-refractivity contribution in [3.63, 3.8) is 0 Å². The SMILES string of the molecule is O=C1C(c2ccc3cc(C4(S(=O)(=O)O)CCCCCCCCC4)cc(N4C(=O)c5c(Cl)c(Cl)c(Cl)c(Cl)c5C4=O)c3n2)=C(O)c2c(Cl)c(Cl)c(Cl)c(Cl)c21. The van der Waals surface area contributed by atoms with Gasteiger partial charge in [-0.3, -0.25) is 18.9 Å². The Bertz CT molecular complexity index is 2480. The van der Waals surface area contributed by atoms with E-state index >= 15 is 0 Å². The zero-order valence-corrected chi connectivity index (χ0v) is 34.3. The predicted octanol–water partition coefficient (Wildman–Crippen LogP) is 12.5. The number of nitrogens with zero attached hydrogens (tertiary/aromatic N) is 2. The minimum Gasteiger partial charge on any atom is -0.506 e. The summed E-state index contributed by atoms with van der Waals surface area (Å²) < 4.78 is 36.2. The van der Waals surface area contributed by atoms with Crippen LogP contribution in [0.15, 0.2) is 24.3 Å². The lowest BCUT2D eigenvalue weighted by Crippen LogP contribution is -2.37. The van der Waals surface area contributed by atoms with Crippen LogP contribution in [0, 0.1) is 0 Å². The number of allylic oxidation sites excluding steroid dienone is 1. The number of carbonyl (C=O) groups excluding carboxylic acids is 3. The summed E-state index contributed by atoms with van der Waals surface area (Å²) >= 11 is 50.8. The van der Waals surface area contributed by atoms with Crippen LogP contribution in [0.2, 0.25) is 40.2 Å². The van der Waals surface area contributed by atoms with Gasteiger partial charge in [-0.15, -0.1) is 0 Å². The number of rotatable bonds is 4. The molecule has 2 amide bonds. The number of anilines is 1. The van der Waals surface area contributed by atoms with Crippen LogP contribution in [-0.4, -0.2) is 40.7 Å². The first-order valence-corrected chi connectivity index (χ1v) is 20.9.